The van der Waals surface area contributed by atoms with Crippen molar-refractivity contribution in [2.45, 2.75) is 45.2 Å². The van der Waals surface area contributed by atoms with E-state index in [4.69, 9.17) is 0 Å². The van der Waals surface area contributed by atoms with Crippen LogP contribution in [0.25, 0.3) is 11.1 Å². The normalized spacial score (nSPS) is 16.8. The van der Waals surface area contributed by atoms with Crippen LogP contribution in [0.4, 0.5) is 18.9 Å². The van der Waals surface area contributed by atoms with E-state index in [9.17, 15) is 31.5 Å². The van der Waals surface area contributed by atoms with Gasteiger partial charge in [0.1, 0.15) is 0 Å². The number of para-hydroxylation sites is 1. The number of aliphatic carboxylic acids is 1. The van der Waals surface area contributed by atoms with E-state index in [0.717, 1.165) is 12.0 Å². The van der Waals surface area contributed by atoms with Crippen LogP contribution >= 0.6 is 0 Å². The van der Waals surface area contributed by atoms with Crippen LogP contribution < -0.4 is 10.1 Å². The second-order valence-electron chi connectivity index (χ2n) is 8.64. The van der Waals surface area contributed by atoms with Crippen molar-refractivity contribution in [1.82, 2.24) is 10.4 Å². The second-order valence-corrected chi connectivity index (χ2v) is 10.3. The van der Waals surface area contributed by atoms with Gasteiger partial charge in [0.25, 0.3) is 0 Å². The lowest BCUT2D eigenvalue weighted by molar-refractivity contribution is -0.133. The fraction of sp³-hybridized carbons (Fsp3) is 0.375. The molecule has 1 unspecified atom stereocenters. The maximum Gasteiger partial charge on any atom is 0.516 e. The van der Waals surface area contributed by atoms with Crippen LogP contribution in [0.3, 0.4) is 0 Å². The van der Waals surface area contributed by atoms with E-state index in [0.29, 0.717) is 29.8 Å². The number of hydrogen-bond donors (Lipinski definition) is 3. The Hall–Kier alpha value is -3.05. The molecule has 0 saturated heterocycles. The van der Waals surface area contributed by atoms with Gasteiger partial charge in [0.2, 0.25) is 0 Å². The third-order valence-electron chi connectivity index (χ3n) is 5.70. The zero-order valence-corrected chi connectivity index (χ0v) is 20.4. The molecule has 35 heavy (non-hydrogen) atoms. The Bertz CT molecular complexity index is 1210. The van der Waals surface area contributed by atoms with Gasteiger partial charge >= 0.3 is 21.5 Å². The van der Waals surface area contributed by atoms with Crippen molar-refractivity contribution in [2.24, 2.45) is 5.92 Å². The van der Waals surface area contributed by atoms with Crippen molar-refractivity contribution in [3.63, 3.8) is 0 Å². The molecule has 0 fully saturated rings. The predicted molar refractivity (Wildman–Crippen MR) is 128 cm³/mol. The Morgan fingerprint density at radius 3 is 2.31 bits per heavy atom. The Labute approximate surface area is 202 Å². The van der Waals surface area contributed by atoms with Crippen LogP contribution in [0, 0.1) is 5.92 Å². The number of benzene rings is 2. The molecule has 0 aromatic heterocycles. The molecule has 0 amide bonds. The third kappa shape index (κ3) is 5.79. The largest absolute Gasteiger partial charge is 0.516 e. The zero-order chi connectivity index (χ0) is 26.0. The standard InChI is InChI=1S/C24H28F3N3O4S/c1-4-13-30-20(21(23(31)32)22(28-30)15(2)3)14-16-9-11-17(12-10-16)18-7-5-6-8-19(18)29-35(33,34)24(25,26)27/h5-12,15,22,28-29H,4,13-14H2,1-3H3,(H,31,32). The topological polar surface area (TPSA) is 98.7 Å². The maximum atomic E-state index is 12.8. The Kier molecular flexibility index (Phi) is 7.80. The van der Waals surface area contributed by atoms with E-state index in [1.165, 1.54) is 18.2 Å². The molecule has 1 heterocycles. The lowest BCUT2D eigenvalue weighted by Gasteiger charge is -2.24. The number of nitrogens with zero attached hydrogens (tertiary/aromatic N) is 1. The molecule has 7 nitrogen and oxygen atoms in total. The fourth-order valence-electron chi connectivity index (χ4n) is 4.01. The zero-order valence-electron chi connectivity index (χ0n) is 19.6. The Morgan fingerprint density at radius 2 is 1.77 bits per heavy atom. The van der Waals surface area contributed by atoms with Crippen molar-refractivity contribution in [1.29, 1.82) is 0 Å². The highest BCUT2D eigenvalue weighted by molar-refractivity contribution is 7.93. The molecule has 0 bridgehead atoms. The lowest BCUT2D eigenvalue weighted by atomic mass is 9.94. The van der Waals surface area contributed by atoms with Gasteiger partial charge in [-0.25, -0.2) is 10.2 Å². The van der Waals surface area contributed by atoms with E-state index >= 15 is 0 Å². The number of carboxylic acids is 1. The fourth-order valence-corrected chi connectivity index (χ4v) is 4.59. The van der Waals surface area contributed by atoms with Crippen molar-refractivity contribution >= 4 is 21.7 Å². The minimum atomic E-state index is -5.57. The Balaban J connectivity index is 1.92. The molecule has 3 N–H and O–H groups in total. The summed E-state index contributed by atoms with van der Waals surface area (Å²) in [6, 6.07) is 12.3. The second kappa shape index (κ2) is 10.3. The molecule has 0 saturated carbocycles. The minimum absolute atomic E-state index is 0.0670. The quantitative estimate of drug-likeness (QED) is 0.450. The molecular weight excluding hydrogens is 483 g/mol. The van der Waals surface area contributed by atoms with E-state index in [2.05, 4.69) is 5.43 Å². The van der Waals surface area contributed by atoms with Crippen molar-refractivity contribution < 1.29 is 31.5 Å². The van der Waals surface area contributed by atoms with Crippen LogP contribution in [0.15, 0.2) is 59.8 Å². The highest BCUT2D eigenvalue weighted by Crippen LogP contribution is 2.33. The molecule has 1 atom stereocenters. The number of nitrogens with one attached hydrogen (secondary N) is 2. The molecule has 0 aliphatic carbocycles. The van der Waals surface area contributed by atoms with E-state index in [-0.39, 0.29) is 23.2 Å². The van der Waals surface area contributed by atoms with Crippen LogP contribution in [0.1, 0.15) is 32.8 Å². The maximum absolute atomic E-state index is 12.8. The van der Waals surface area contributed by atoms with Gasteiger partial charge in [0.15, 0.2) is 0 Å². The third-order valence-corrected chi connectivity index (χ3v) is 6.80. The first-order chi connectivity index (χ1) is 16.4. The molecule has 3 rings (SSSR count). The number of carbonyl (C=O) groups is 1. The molecule has 1 aliphatic heterocycles. The number of allylic oxidation sites excluding steroid dienone is 1. The van der Waals surface area contributed by atoms with Gasteiger partial charge in [-0.05, 0) is 29.5 Å². The number of halogens is 3. The first-order valence-electron chi connectivity index (χ1n) is 11.1. The summed E-state index contributed by atoms with van der Waals surface area (Å²) >= 11 is 0. The number of carboxylic acid groups (broad SMARTS) is 1. The summed E-state index contributed by atoms with van der Waals surface area (Å²) in [6.07, 6.45) is 1.16. The van der Waals surface area contributed by atoms with E-state index in [1.54, 1.807) is 35.1 Å². The number of hydrazine groups is 1. The Morgan fingerprint density at radius 1 is 1.14 bits per heavy atom. The van der Waals surface area contributed by atoms with Crippen molar-refractivity contribution in [3.8, 4) is 11.1 Å². The number of hydrogen-bond acceptors (Lipinski definition) is 5. The summed E-state index contributed by atoms with van der Waals surface area (Å²) in [6.45, 7) is 6.54. The van der Waals surface area contributed by atoms with Crippen LogP contribution in [-0.2, 0) is 21.2 Å². The van der Waals surface area contributed by atoms with E-state index in [1.807, 2.05) is 25.8 Å². The highest BCUT2D eigenvalue weighted by atomic mass is 32.2. The summed E-state index contributed by atoms with van der Waals surface area (Å²) in [7, 11) is -5.57. The van der Waals surface area contributed by atoms with Gasteiger partial charge in [-0.3, -0.25) is 4.72 Å². The average Bonchev–Trinajstić information content (AvgIpc) is 3.12. The average molecular weight is 512 g/mol. The molecular formula is C24H28F3N3O4S. The van der Waals surface area contributed by atoms with Crippen LogP contribution in [0.5, 0.6) is 0 Å². The smallest absolute Gasteiger partial charge is 0.478 e. The van der Waals surface area contributed by atoms with Gasteiger partial charge in [-0.15, -0.1) is 0 Å². The highest BCUT2D eigenvalue weighted by Gasteiger charge is 2.46. The first kappa shape index (κ1) is 26.6. The SMILES string of the molecule is CCCN1NC(C(C)C)C(C(=O)O)=C1Cc1ccc(-c2ccccc2NS(=O)(=O)C(F)(F)F)cc1. The molecule has 0 radical (unpaired) electrons. The molecule has 190 valence electrons. The summed E-state index contributed by atoms with van der Waals surface area (Å²) < 4.78 is 63.3. The lowest BCUT2D eigenvalue weighted by Crippen LogP contribution is -2.41. The van der Waals surface area contributed by atoms with Gasteiger partial charge in [0.05, 0.1) is 17.3 Å². The number of anilines is 1. The van der Waals surface area contributed by atoms with Crippen molar-refractivity contribution in [3.05, 3.63) is 65.4 Å². The molecule has 11 heteroatoms. The summed E-state index contributed by atoms with van der Waals surface area (Å²) in [4.78, 5) is 12.1. The first-order valence-corrected chi connectivity index (χ1v) is 12.6. The minimum Gasteiger partial charge on any atom is -0.478 e. The number of sulfonamides is 1. The number of alkyl halides is 3. The monoisotopic (exact) mass is 511 g/mol. The number of rotatable bonds is 9. The van der Waals surface area contributed by atoms with Gasteiger partial charge in [-0.2, -0.15) is 21.6 Å². The predicted octanol–water partition coefficient (Wildman–Crippen LogP) is 4.75. The molecule has 0 spiro atoms. The molecule has 2 aromatic rings. The van der Waals surface area contributed by atoms with Gasteiger partial charge < -0.3 is 10.1 Å². The molecule has 1 aliphatic rings. The van der Waals surface area contributed by atoms with Crippen LogP contribution in [0.2, 0.25) is 0 Å². The van der Waals surface area contributed by atoms with Gasteiger partial charge in [0, 0.05) is 24.2 Å². The summed E-state index contributed by atoms with van der Waals surface area (Å²) in [5, 5.41) is 11.8. The molecule has 2 aromatic carbocycles. The van der Waals surface area contributed by atoms with Gasteiger partial charge in [-0.1, -0.05) is 63.2 Å². The summed E-state index contributed by atoms with van der Waals surface area (Å²) in [5.41, 5.74) is 0.261. The van der Waals surface area contributed by atoms with Crippen molar-refractivity contribution in [2.75, 3.05) is 11.3 Å². The van der Waals surface area contributed by atoms with Crippen LogP contribution in [-0.4, -0.2) is 42.6 Å². The van der Waals surface area contributed by atoms with E-state index < -0.39 is 21.5 Å². The summed E-state index contributed by atoms with van der Waals surface area (Å²) in [5.74, 6) is -0.912.